The summed E-state index contributed by atoms with van der Waals surface area (Å²) in [5.74, 6) is 6.07. The number of anilines is 1. The quantitative estimate of drug-likeness (QED) is 0.408. The number of hydrogen-bond donors (Lipinski definition) is 3. The highest BCUT2D eigenvalue weighted by Crippen LogP contribution is 2.29. The number of pyridine rings is 1. The summed E-state index contributed by atoms with van der Waals surface area (Å²) in [5, 5.41) is 7.59. The highest BCUT2D eigenvalue weighted by molar-refractivity contribution is 6.29. The number of halogens is 1. The number of rotatable bonds is 6. The van der Waals surface area contributed by atoms with E-state index >= 15 is 0 Å². The molecule has 1 aromatic heterocycles. The molecule has 8 heteroatoms. The number of nitrogens with one attached hydrogen (secondary N) is 2. The number of amides is 1. The summed E-state index contributed by atoms with van der Waals surface area (Å²) in [5.41, 5.74) is 2.72. The Bertz CT molecular complexity index is 741. The molecule has 0 aliphatic heterocycles. The van der Waals surface area contributed by atoms with Crippen LogP contribution in [0, 0.1) is 0 Å². The van der Waals surface area contributed by atoms with Gasteiger partial charge in [0.25, 0.3) is 5.91 Å². The number of hydrogen-bond acceptors (Lipinski definition) is 6. The predicted molar refractivity (Wildman–Crippen MR) is 98.7 cm³/mol. The van der Waals surface area contributed by atoms with Gasteiger partial charge in [-0.3, -0.25) is 4.79 Å². The second kappa shape index (κ2) is 8.55. The Morgan fingerprint density at radius 2 is 2.28 bits per heavy atom. The Labute approximate surface area is 152 Å². The van der Waals surface area contributed by atoms with Crippen LogP contribution in [-0.2, 0) is 4.74 Å². The molecule has 0 aromatic carbocycles. The molecule has 0 fully saturated rings. The minimum Gasteiger partial charge on any atom is -0.494 e. The van der Waals surface area contributed by atoms with Crippen molar-refractivity contribution >= 4 is 23.2 Å². The van der Waals surface area contributed by atoms with Crippen LogP contribution in [0.5, 0.6) is 0 Å². The Morgan fingerprint density at radius 1 is 1.52 bits per heavy atom. The molecule has 0 saturated heterocycles. The van der Waals surface area contributed by atoms with Crippen molar-refractivity contribution in [3.63, 3.8) is 0 Å². The number of nitrogens with two attached hydrogens (primary N) is 1. The van der Waals surface area contributed by atoms with E-state index in [2.05, 4.69) is 15.6 Å². The van der Waals surface area contributed by atoms with Gasteiger partial charge in [-0.15, -0.1) is 0 Å². The van der Waals surface area contributed by atoms with Crippen molar-refractivity contribution in [1.82, 2.24) is 15.3 Å². The molecule has 0 unspecified atom stereocenters. The number of ether oxygens (including phenoxy) is 1. The molecule has 1 heterocycles. The first-order valence-electron chi connectivity index (χ1n) is 7.74. The van der Waals surface area contributed by atoms with E-state index in [1.807, 2.05) is 12.2 Å². The zero-order chi connectivity index (χ0) is 18.4. The van der Waals surface area contributed by atoms with E-state index in [0.717, 1.165) is 24.1 Å². The van der Waals surface area contributed by atoms with Gasteiger partial charge in [-0.25, -0.2) is 10.8 Å². The van der Waals surface area contributed by atoms with Crippen LogP contribution in [-0.4, -0.2) is 37.1 Å². The van der Waals surface area contributed by atoms with Crippen LogP contribution in [0.3, 0.4) is 0 Å². The lowest BCUT2D eigenvalue weighted by Gasteiger charge is -2.22. The summed E-state index contributed by atoms with van der Waals surface area (Å²) < 4.78 is 5.57. The maximum atomic E-state index is 12.1. The highest BCUT2D eigenvalue weighted by Gasteiger charge is 2.19. The minimum atomic E-state index is -0.254. The average Bonchev–Trinajstić information content (AvgIpc) is 2.59. The first-order valence-corrected chi connectivity index (χ1v) is 8.12. The van der Waals surface area contributed by atoms with Gasteiger partial charge in [-0.2, -0.15) is 0 Å². The molecule has 0 radical (unpaired) electrons. The first kappa shape index (κ1) is 18.8. The Hall–Kier alpha value is -2.51. The molecule has 1 aliphatic rings. The van der Waals surface area contributed by atoms with Crippen molar-refractivity contribution in [2.24, 2.45) is 5.84 Å². The number of aromatic nitrogens is 1. The van der Waals surface area contributed by atoms with Gasteiger partial charge in [0.15, 0.2) is 0 Å². The van der Waals surface area contributed by atoms with Gasteiger partial charge in [-0.05, 0) is 30.6 Å². The molecule has 7 nitrogen and oxygen atoms in total. The maximum absolute atomic E-state index is 12.1. The lowest BCUT2D eigenvalue weighted by atomic mass is 10.0. The monoisotopic (exact) mass is 363 g/mol. The van der Waals surface area contributed by atoms with Gasteiger partial charge >= 0.3 is 0 Å². The summed E-state index contributed by atoms with van der Waals surface area (Å²) in [4.78, 5) is 16.0. The molecular formula is C17H22ClN5O2. The van der Waals surface area contributed by atoms with Crippen molar-refractivity contribution in [3.8, 4) is 0 Å². The van der Waals surface area contributed by atoms with Gasteiger partial charge in [0.1, 0.15) is 10.9 Å². The largest absolute Gasteiger partial charge is 0.494 e. The van der Waals surface area contributed by atoms with Crippen molar-refractivity contribution in [2.45, 2.75) is 12.8 Å². The Kier molecular flexibility index (Phi) is 6.44. The summed E-state index contributed by atoms with van der Waals surface area (Å²) in [7, 11) is 4.92. The molecule has 1 aromatic rings. The third-order valence-electron chi connectivity index (χ3n) is 3.63. The van der Waals surface area contributed by atoms with E-state index in [9.17, 15) is 4.79 Å². The van der Waals surface area contributed by atoms with Crippen LogP contribution >= 0.6 is 11.6 Å². The van der Waals surface area contributed by atoms with Gasteiger partial charge in [-0.1, -0.05) is 17.7 Å². The second-order valence-corrected chi connectivity index (χ2v) is 5.84. The third-order valence-corrected chi connectivity index (χ3v) is 3.83. The van der Waals surface area contributed by atoms with Crippen molar-refractivity contribution in [3.05, 3.63) is 58.4 Å². The third kappa shape index (κ3) is 4.74. The summed E-state index contributed by atoms with van der Waals surface area (Å²) in [6.45, 7) is 0. The average molecular weight is 364 g/mol. The predicted octanol–water partition coefficient (Wildman–Crippen LogP) is 2.40. The number of hydrazine groups is 1. The maximum Gasteiger partial charge on any atom is 0.254 e. The lowest BCUT2D eigenvalue weighted by Crippen LogP contribution is -2.21. The fourth-order valence-electron chi connectivity index (χ4n) is 2.46. The zero-order valence-electron chi connectivity index (χ0n) is 14.5. The number of methoxy groups -OCH3 is 1. The van der Waals surface area contributed by atoms with E-state index in [-0.39, 0.29) is 5.91 Å². The number of carbonyl (C=O) groups excluding carboxylic acids is 1. The number of carbonyl (C=O) groups is 1. The smallest absolute Gasteiger partial charge is 0.254 e. The van der Waals surface area contributed by atoms with Crippen molar-refractivity contribution < 1.29 is 9.53 Å². The molecule has 1 aliphatic carbocycles. The zero-order valence-corrected chi connectivity index (χ0v) is 15.2. The molecule has 0 saturated carbocycles. The first-order chi connectivity index (χ1) is 12.0. The second-order valence-electron chi connectivity index (χ2n) is 5.45. The molecule has 0 bridgehead atoms. The molecule has 0 spiro atoms. The SMILES string of the molecule is CNC(=O)c1cnc(Cl)cc1NC1=CCCC(/C=C/N(C)N)=C1OC. The van der Waals surface area contributed by atoms with Gasteiger partial charge in [0.2, 0.25) is 0 Å². The summed E-state index contributed by atoms with van der Waals surface area (Å²) in [6, 6.07) is 1.61. The molecular weight excluding hydrogens is 342 g/mol. The minimum absolute atomic E-state index is 0.254. The lowest BCUT2D eigenvalue weighted by molar-refractivity contribution is 0.0963. The van der Waals surface area contributed by atoms with E-state index in [4.69, 9.17) is 22.2 Å². The number of allylic oxidation sites excluding steroid dienone is 3. The van der Waals surface area contributed by atoms with E-state index in [0.29, 0.717) is 22.2 Å². The normalized spacial score (nSPS) is 14.4. The fraction of sp³-hybridized carbons (Fsp3) is 0.294. The van der Waals surface area contributed by atoms with Gasteiger partial charge in [0.05, 0.1) is 24.1 Å². The fourth-order valence-corrected chi connectivity index (χ4v) is 2.62. The van der Waals surface area contributed by atoms with Crippen LogP contribution in [0.25, 0.3) is 0 Å². The van der Waals surface area contributed by atoms with Gasteiger partial charge in [0, 0.05) is 26.5 Å². The Balaban J connectivity index is 2.37. The van der Waals surface area contributed by atoms with Crippen molar-refractivity contribution in [2.75, 3.05) is 26.5 Å². The Morgan fingerprint density at radius 3 is 2.92 bits per heavy atom. The molecule has 0 atom stereocenters. The van der Waals surface area contributed by atoms with Crippen LogP contribution < -0.4 is 16.5 Å². The van der Waals surface area contributed by atoms with Crippen LogP contribution in [0.1, 0.15) is 23.2 Å². The van der Waals surface area contributed by atoms with Crippen LogP contribution in [0.15, 0.2) is 47.6 Å². The standard InChI is InChI=1S/C17H22ClN5O2/c1-20-17(24)12-10-21-15(18)9-14(12)22-13-6-4-5-11(16(13)25-3)7-8-23(2)19/h6-10H,4-5,19H2,1-3H3,(H,20,24)(H,21,22)/b8-7+. The van der Waals surface area contributed by atoms with E-state index in [1.165, 1.54) is 11.2 Å². The molecule has 2 rings (SSSR count). The van der Waals surface area contributed by atoms with E-state index < -0.39 is 0 Å². The number of nitrogens with zero attached hydrogens (tertiary/aromatic N) is 2. The topological polar surface area (TPSA) is 92.5 Å². The van der Waals surface area contributed by atoms with E-state index in [1.54, 1.807) is 33.5 Å². The molecule has 1 amide bonds. The highest BCUT2D eigenvalue weighted by atomic mass is 35.5. The van der Waals surface area contributed by atoms with Crippen molar-refractivity contribution in [1.29, 1.82) is 0 Å². The van der Waals surface area contributed by atoms with Crippen LogP contribution in [0.4, 0.5) is 5.69 Å². The van der Waals surface area contributed by atoms with Crippen LogP contribution in [0.2, 0.25) is 5.15 Å². The summed E-state index contributed by atoms with van der Waals surface area (Å²) >= 11 is 5.99. The molecule has 134 valence electrons. The molecule has 4 N–H and O–H groups in total. The summed E-state index contributed by atoms with van der Waals surface area (Å²) in [6.07, 6.45) is 8.79. The van der Waals surface area contributed by atoms with Gasteiger partial charge < -0.3 is 20.4 Å². The molecule has 25 heavy (non-hydrogen) atoms.